The number of amides is 1. The van der Waals surface area contributed by atoms with Gasteiger partial charge in [0.2, 0.25) is 5.91 Å². The average Bonchev–Trinajstić information content (AvgIpc) is 3.13. The molecule has 1 saturated heterocycles. The van der Waals surface area contributed by atoms with E-state index in [1.54, 1.807) is 13.0 Å². The molecule has 0 aliphatic carbocycles. The SMILES string of the molecule is CCOC(=O)c1ccc2c(c1)[C@H](N1CCCC1=O)C[C@H](c1ccccc1)N2. The van der Waals surface area contributed by atoms with Gasteiger partial charge in [0.15, 0.2) is 0 Å². The van der Waals surface area contributed by atoms with E-state index in [0.29, 0.717) is 18.6 Å². The van der Waals surface area contributed by atoms with E-state index in [-0.39, 0.29) is 24.0 Å². The summed E-state index contributed by atoms with van der Waals surface area (Å²) in [5.41, 5.74) is 3.72. The molecule has 1 amide bonds. The fraction of sp³-hybridized carbons (Fsp3) is 0.364. The first-order valence-corrected chi connectivity index (χ1v) is 9.59. The van der Waals surface area contributed by atoms with Crippen LogP contribution in [0.5, 0.6) is 0 Å². The van der Waals surface area contributed by atoms with Gasteiger partial charge in [0.1, 0.15) is 0 Å². The molecule has 5 nitrogen and oxygen atoms in total. The quantitative estimate of drug-likeness (QED) is 0.831. The number of anilines is 1. The molecule has 1 N–H and O–H groups in total. The zero-order chi connectivity index (χ0) is 18.8. The highest BCUT2D eigenvalue weighted by Crippen LogP contribution is 2.43. The smallest absolute Gasteiger partial charge is 0.338 e. The van der Waals surface area contributed by atoms with Crippen LogP contribution in [0.3, 0.4) is 0 Å². The van der Waals surface area contributed by atoms with Gasteiger partial charge in [-0.15, -0.1) is 0 Å². The van der Waals surface area contributed by atoms with E-state index >= 15 is 0 Å². The van der Waals surface area contributed by atoms with Crippen molar-refractivity contribution < 1.29 is 14.3 Å². The summed E-state index contributed by atoms with van der Waals surface area (Å²) in [5.74, 6) is -0.127. The van der Waals surface area contributed by atoms with Gasteiger partial charge in [0.25, 0.3) is 0 Å². The predicted molar refractivity (Wildman–Crippen MR) is 104 cm³/mol. The first-order chi connectivity index (χ1) is 13.2. The summed E-state index contributed by atoms with van der Waals surface area (Å²) in [5, 5.41) is 3.59. The van der Waals surface area contributed by atoms with Gasteiger partial charge in [-0.3, -0.25) is 4.79 Å². The number of hydrogen-bond acceptors (Lipinski definition) is 4. The Kier molecular flexibility index (Phi) is 4.84. The standard InChI is InChI=1S/C22H24N2O3/c1-2-27-22(26)16-10-11-18-17(13-16)20(24-12-6-9-21(24)25)14-19(23-18)15-7-4-3-5-8-15/h3-5,7-8,10-11,13,19-20,23H,2,6,9,12,14H2,1H3/t19-,20-/m1/s1. The maximum atomic E-state index is 12.5. The van der Waals surface area contributed by atoms with Crippen molar-refractivity contribution in [1.82, 2.24) is 4.90 Å². The van der Waals surface area contributed by atoms with E-state index in [1.165, 1.54) is 5.56 Å². The second-order valence-corrected chi connectivity index (χ2v) is 7.07. The van der Waals surface area contributed by atoms with Gasteiger partial charge < -0.3 is 15.0 Å². The van der Waals surface area contributed by atoms with Crippen molar-refractivity contribution in [3.05, 3.63) is 65.2 Å². The molecule has 0 unspecified atom stereocenters. The Balaban J connectivity index is 1.72. The molecule has 27 heavy (non-hydrogen) atoms. The number of carbonyl (C=O) groups excluding carboxylic acids is 2. The molecule has 0 bridgehead atoms. The molecule has 0 spiro atoms. The fourth-order valence-corrected chi connectivity index (χ4v) is 4.11. The number of hydrogen-bond donors (Lipinski definition) is 1. The molecular weight excluding hydrogens is 340 g/mol. The predicted octanol–water partition coefficient (Wildman–Crippen LogP) is 4.08. The van der Waals surface area contributed by atoms with Gasteiger partial charge in [0, 0.05) is 18.7 Å². The lowest BCUT2D eigenvalue weighted by Crippen LogP contribution is -2.35. The van der Waals surface area contributed by atoms with Gasteiger partial charge in [-0.05, 0) is 49.1 Å². The third-order valence-corrected chi connectivity index (χ3v) is 5.40. The highest BCUT2D eigenvalue weighted by molar-refractivity contribution is 5.90. The van der Waals surface area contributed by atoms with Crippen LogP contribution in [0.1, 0.15) is 59.8 Å². The lowest BCUT2D eigenvalue weighted by atomic mass is 9.87. The third kappa shape index (κ3) is 3.42. The normalized spacial score (nSPS) is 21.5. The molecule has 5 heteroatoms. The van der Waals surface area contributed by atoms with Gasteiger partial charge in [-0.2, -0.15) is 0 Å². The van der Waals surface area contributed by atoms with E-state index in [0.717, 1.165) is 30.6 Å². The minimum Gasteiger partial charge on any atom is -0.462 e. The van der Waals surface area contributed by atoms with Crippen molar-refractivity contribution in [2.45, 2.75) is 38.3 Å². The molecule has 2 aliphatic rings. The lowest BCUT2D eigenvalue weighted by molar-refractivity contribution is -0.130. The Bertz CT molecular complexity index is 850. The largest absolute Gasteiger partial charge is 0.462 e. The van der Waals surface area contributed by atoms with Gasteiger partial charge in [-0.1, -0.05) is 30.3 Å². The summed E-state index contributed by atoms with van der Waals surface area (Å²) in [6.45, 7) is 2.92. The summed E-state index contributed by atoms with van der Waals surface area (Å²) in [6, 6.07) is 16.0. The Morgan fingerprint density at radius 1 is 1.22 bits per heavy atom. The molecule has 0 saturated carbocycles. The minimum atomic E-state index is -0.322. The van der Waals surface area contributed by atoms with Crippen LogP contribution in [0.2, 0.25) is 0 Å². The van der Waals surface area contributed by atoms with Crippen molar-refractivity contribution in [2.24, 2.45) is 0 Å². The Hall–Kier alpha value is -2.82. The van der Waals surface area contributed by atoms with Crippen LogP contribution in [-0.4, -0.2) is 29.9 Å². The number of likely N-dealkylation sites (tertiary alicyclic amines) is 1. The first-order valence-electron chi connectivity index (χ1n) is 9.59. The monoisotopic (exact) mass is 364 g/mol. The van der Waals surface area contributed by atoms with Crippen molar-refractivity contribution in [3.8, 4) is 0 Å². The zero-order valence-electron chi connectivity index (χ0n) is 15.5. The minimum absolute atomic E-state index is 0.0316. The van der Waals surface area contributed by atoms with Crippen LogP contribution in [0, 0.1) is 0 Å². The van der Waals surface area contributed by atoms with Gasteiger partial charge in [-0.25, -0.2) is 4.79 Å². The molecule has 4 rings (SSSR count). The molecule has 2 heterocycles. The molecule has 1 fully saturated rings. The van der Waals surface area contributed by atoms with Crippen LogP contribution in [0.25, 0.3) is 0 Å². The number of fused-ring (bicyclic) bond motifs is 1. The highest BCUT2D eigenvalue weighted by Gasteiger charge is 2.36. The molecule has 2 aromatic rings. The number of nitrogens with one attached hydrogen (secondary N) is 1. The topological polar surface area (TPSA) is 58.6 Å². The lowest BCUT2D eigenvalue weighted by Gasteiger charge is -2.38. The first kappa shape index (κ1) is 17.6. The summed E-state index contributed by atoms with van der Waals surface area (Å²) < 4.78 is 5.15. The molecule has 2 aromatic carbocycles. The van der Waals surface area contributed by atoms with Gasteiger partial charge >= 0.3 is 5.97 Å². The van der Waals surface area contributed by atoms with Crippen molar-refractivity contribution in [1.29, 1.82) is 0 Å². The Labute approximate surface area is 159 Å². The number of benzene rings is 2. The maximum Gasteiger partial charge on any atom is 0.338 e. The van der Waals surface area contributed by atoms with E-state index < -0.39 is 0 Å². The van der Waals surface area contributed by atoms with Crippen LogP contribution in [0.4, 0.5) is 5.69 Å². The number of nitrogens with zero attached hydrogens (tertiary/aromatic N) is 1. The van der Waals surface area contributed by atoms with Gasteiger partial charge in [0.05, 0.1) is 24.3 Å². The molecular formula is C22H24N2O3. The molecule has 2 atom stereocenters. The molecule has 0 radical (unpaired) electrons. The Morgan fingerprint density at radius 3 is 2.74 bits per heavy atom. The summed E-state index contributed by atoms with van der Waals surface area (Å²) in [4.78, 5) is 26.6. The Morgan fingerprint density at radius 2 is 2.04 bits per heavy atom. The average molecular weight is 364 g/mol. The van der Waals surface area contributed by atoms with Crippen LogP contribution in [-0.2, 0) is 9.53 Å². The van der Waals surface area contributed by atoms with Crippen molar-refractivity contribution in [3.63, 3.8) is 0 Å². The number of ether oxygens (including phenoxy) is 1. The number of carbonyl (C=O) groups is 2. The van der Waals surface area contributed by atoms with E-state index in [2.05, 4.69) is 17.4 Å². The highest BCUT2D eigenvalue weighted by atomic mass is 16.5. The summed E-state index contributed by atoms with van der Waals surface area (Å²) in [7, 11) is 0. The number of esters is 1. The number of rotatable bonds is 4. The van der Waals surface area contributed by atoms with Crippen LogP contribution >= 0.6 is 0 Å². The maximum absolute atomic E-state index is 12.5. The van der Waals surface area contributed by atoms with E-state index in [9.17, 15) is 9.59 Å². The van der Waals surface area contributed by atoms with E-state index in [4.69, 9.17) is 4.74 Å². The van der Waals surface area contributed by atoms with Crippen molar-refractivity contribution >= 4 is 17.6 Å². The summed E-state index contributed by atoms with van der Waals surface area (Å²) >= 11 is 0. The second-order valence-electron chi connectivity index (χ2n) is 7.07. The summed E-state index contributed by atoms with van der Waals surface area (Å²) in [6.07, 6.45) is 2.29. The van der Waals surface area contributed by atoms with Crippen LogP contribution in [0.15, 0.2) is 48.5 Å². The van der Waals surface area contributed by atoms with Crippen molar-refractivity contribution in [2.75, 3.05) is 18.5 Å². The van der Waals surface area contributed by atoms with Crippen LogP contribution < -0.4 is 5.32 Å². The second kappa shape index (κ2) is 7.43. The molecule has 0 aromatic heterocycles. The fourth-order valence-electron chi connectivity index (χ4n) is 4.11. The molecule has 140 valence electrons. The molecule has 2 aliphatic heterocycles. The van der Waals surface area contributed by atoms with E-state index in [1.807, 2.05) is 35.2 Å². The third-order valence-electron chi connectivity index (χ3n) is 5.40. The zero-order valence-corrected chi connectivity index (χ0v) is 15.5.